The van der Waals surface area contributed by atoms with Crippen LogP contribution in [0.4, 0.5) is 5.82 Å². The summed E-state index contributed by atoms with van der Waals surface area (Å²) < 4.78 is 5.42. The molecule has 0 unspecified atom stereocenters. The van der Waals surface area contributed by atoms with Gasteiger partial charge in [0.25, 0.3) is 0 Å². The fraction of sp³-hybridized carbons (Fsp3) is 0.333. The summed E-state index contributed by atoms with van der Waals surface area (Å²) in [5.74, 6) is 0.980. The number of benzene rings is 1. The van der Waals surface area contributed by atoms with E-state index in [4.69, 9.17) is 4.74 Å². The number of H-pyrrole nitrogens is 1. The summed E-state index contributed by atoms with van der Waals surface area (Å²) in [6, 6.07) is 6.27. The molecule has 0 atom stereocenters. The molecule has 1 aliphatic rings. The van der Waals surface area contributed by atoms with Crippen LogP contribution in [0.2, 0.25) is 0 Å². The summed E-state index contributed by atoms with van der Waals surface area (Å²) in [7, 11) is 0. The Labute approximate surface area is 116 Å². The van der Waals surface area contributed by atoms with Crippen LogP contribution in [0.5, 0.6) is 0 Å². The van der Waals surface area contributed by atoms with Crippen LogP contribution < -0.4 is 4.90 Å². The lowest BCUT2D eigenvalue weighted by molar-refractivity contribution is 0.122. The molecule has 0 amide bonds. The maximum Gasteiger partial charge on any atom is 0.156 e. The molecule has 1 fully saturated rings. The summed E-state index contributed by atoms with van der Waals surface area (Å²) in [5, 5.41) is 1.19. The van der Waals surface area contributed by atoms with Crippen molar-refractivity contribution in [2.24, 2.45) is 0 Å². The topological polar surface area (TPSA) is 54.0 Å². The Hall–Kier alpha value is -2.14. The van der Waals surface area contributed by atoms with E-state index in [1.54, 1.807) is 6.33 Å². The lowest BCUT2D eigenvalue weighted by Crippen LogP contribution is -2.36. The highest BCUT2D eigenvalue weighted by Gasteiger charge is 2.18. The van der Waals surface area contributed by atoms with Crippen LogP contribution in [0.15, 0.2) is 24.5 Å². The normalized spacial score (nSPS) is 16.1. The van der Waals surface area contributed by atoms with E-state index in [1.165, 1.54) is 10.9 Å². The van der Waals surface area contributed by atoms with Gasteiger partial charge in [-0.2, -0.15) is 0 Å². The van der Waals surface area contributed by atoms with Gasteiger partial charge >= 0.3 is 0 Å². The van der Waals surface area contributed by atoms with Gasteiger partial charge in [0.05, 0.1) is 13.2 Å². The molecule has 102 valence electrons. The van der Waals surface area contributed by atoms with E-state index in [0.29, 0.717) is 0 Å². The van der Waals surface area contributed by atoms with Crippen molar-refractivity contribution in [3.05, 3.63) is 30.1 Å². The second kappa shape index (κ2) is 4.45. The number of nitrogens with zero attached hydrogens (tertiary/aromatic N) is 3. The number of anilines is 1. The molecular formula is C15H16N4O. The van der Waals surface area contributed by atoms with Crippen molar-refractivity contribution in [3.8, 4) is 0 Å². The highest BCUT2D eigenvalue weighted by atomic mass is 16.5. The molecule has 2 aromatic heterocycles. The maximum absolute atomic E-state index is 5.42. The fourth-order valence-electron chi connectivity index (χ4n) is 2.92. The summed E-state index contributed by atoms with van der Waals surface area (Å²) >= 11 is 0. The molecule has 0 saturated carbocycles. The van der Waals surface area contributed by atoms with Gasteiger partial charge in [0.2, 0.25) is 0 Å². The molecule has 1 N–H and O–H groups in total. The molecule has 0 radical (unpaired) electrons. The average molecular weight is 268 g/mol. The van der Waals surface area contributed by atoms with Crippen LogP contribution in [-0.2, 0) is 4.74 Å². The van der Waals surface area contributed by atoms with Gasteiger partial charge in [-0.25, -0.2) is 9.97 Å². The quantitative estimate of drug-likeness (QED) is 0.735. The number of ether oxygens (including phenoxy) is 1. The molecule has 0 spiro atoms. The molecule has 0 bridgehead atoms. The Morgan fingerprint density at radius 1 is 1.20 bits per heavy atom. The van der Waals surface area contributed by atoms with Crippen LogP contribution in [0.3, 0.4) is 0 Å². The van der Waals surface area contributed by atoms with Crippen LogP contribution in [-0.4, -0.2) is 41.3 Å². The van der Waals surface area contributed by atoms with Crippen LogP contribution in [0.25, 0.3) is 21.9 Å². The number of nitrogens with one attached hydrogen (secondary N) is 1. The first-order chi connectivity index (χ1) is 9.84. The Balaban J connectivity index is 1.98. The minimum Gasteiger partial charge on any atom is -0.378 e. The van der Waals surface area contributed by atoms with Crippen molar-refractivity contribution in [2.45, 2.75) is 6.92 Å². The zero-order chi connectivity index (χ0) is 13.5. The smallest absolute Gasteiger partial charge is 0.156 e. The zero-order valence-corrected chi connectivity index (χ0v) is 11.4. The first-order valence-electron chi connectivity index (χ1n) is 6.89. The van der Waals surface area contributed by atoms with E-state index >= 15 is 0 Å². The van der Waals surface area contributed by atoms with Crippen LogP contribution in [0, 0.1) is 6.92 Å². The van der Waals surface area contributed by atoms with Gasteiger partial charge in [-0.1, -0.05) is 12.1 Å². The minimum absolute atomic E-state index is 0.755. The van der Waals surface area contributed by atoms with Crippen molar-refractivity contribution >= 4 is 27.8 Å². The van der Waals surface area contributed by atoms with Crippen molar-refractivity contribution in [1.82, 2.24) is 15.0 Å². The number of aromatic amines is 1. The molecule has 5 nitrogen and oxygen atoms in total. The van der Waals surface area contributed by atoms with Crippen molar-refractivity contribution in [1.29, 1.82) is 0 Å². The van der Waals surface area contributed by atoms with Gasteiger partial charge in [-0.15, -0.1) is 0 Å². The summed E-state index contributed by atoms with van der Waals surface area (Å²) in [5.41, 5.74) is 4.39. The third-order valence-electron chi connectivity index (χ3n) is 3.91. The van der Waals surface area contributed by atoms with E-state index in [-0.39, 0.29) is 0 Å². The SMILES string of the molecule is Cc1cccc2[nH]c3c(N4CCOCC4)ncnc3c12. The van der Waals surface area contributed by atoms with E-state index in [9.17, 15) is 0 Å². The molecule has 1 aromatic carbocycles. The molecule has 4 rings (SSSR count). The summed E-state index contributed by atoms with van der Waals surface area (Å²) in [6.07, 6.45) is 1.66. The predicted molar refractivity (Wildman–Crippen MR) is 79.2 cm³/mol. The van der Waals surface area contributed by atoms with Crippen molar-refractivity contribution in [2.75, 3.05) is 31.2 Å². The van der Waals surface area contributed by atoms with Gasteiger partial charge in [-0.3, -0.25) is 0 Å². The molecule has 0 aliphatic carbocycles. The number of rotatable bonds is 1. The number of hydrogen-bond acceptors (Lipinski definition) is 4. The average Bonchev–Trinajstić information content (AvgIpc) is 2.88. The molecule has 1 saturated heterocycles. The second-order valence-corrected chi connectivity index (χ2v) is 5.14. The highest BCUT2D eigenvalue weighted by molar-refractivity contribution is 6.09. The minimum atomic E-state index is 0.755. The lowest BCUT2D eigenvalue weighted by Gasteiger charge is -2.27. The number of hydrogen-bond donors (Lipinski definition) is 1. The van der Waals surface area contributed by atoms with E-state index in [0.717, 1.165) is 48.7 Å². The molecule has 3 heterocycles. The standard InChI is InChI=1S/C15H16N4O/c1-10-3-2-4-11-12(10)13-14(18-11)15(17-9-16-13)19-5-7-20-8-6-19/h2-4,9,18H,5-8H2,1H3. The molecular weight excluding hydrogens is 252 g/mol. The third-order valence-corrected chi connectivity index (χ3v) is 3.91. The van der Waals surface area contributed by atoms with Gasteiger partial charge in [0.15, 0.2) is 5.82 Å². The van der Waals surface area contributed by atoms with Gasteiger partial charge < -0.3 is 14.6 Å². The first-order valence-corrected chi connectivity index (χ1v) is 6.89. The summed E-state index contributed by atoms with van der Waals surface area (Å²) in [4.78, 5) is 14.7. The molecule has 5 heteroatoms. The monoisotopic (exact) mass is 268 g/mol. The Morgan fingerprint density at radius 3 is 2.90 bits per heavy atom. The molecule has 20 heavy (non-hydrogen) atoms. The zero-order valence-electron chi connectivity index (χ0n) is 11.4. The van der Waals surface area contributed by atoms with Gasteiger partial charge in [-0.05, 0) is 18.6 Å². The number of aromatic nitrogens is 3. The largest absolute Gasteiger partial charge is 0.378 e. The van der Waals surface area contributed by atoms with E-state index in [1.807, 2.05) is 0 Å². The lowest BCUT2D eigenvalue weighted by atomic mass is 10.1. The van der Waals surface area contributed by atoms with E-state index < -0.39 is 0 Å². The number of fused-ring (bicyclic) bond motifs is 3. The molecule has 1 aliphatic heterocycles. The van der Waals surface area contributed by atoms with E-state index in [2.05, 4.69) is 45.0 Å². The van der Waals surface area contributed by atoms with Crippen LogP contribution >= 0.6 is 0 Å². The molecule has 3 aromatic rings. The number of morpholine rings is 1. The van der Waals surface area contributed by atoms with Gasteiger partial charge in [0, 0.05) is 24.0 Å². The van der Waals surface area contributed by atoms with Crippen LogP contribution in [0.1, 0.15) is 5.56 Å². The maximum atomic E-state index is 5.42. The van der Waals surface area contributed by atoms with Gasteiger partial charge in [0.1, 0.15) is 17.4 Å². The van der Waals surface area contributed by atoms with Crippen molar-refractivity contribution < 1.29 is 4.74 Å². The predicted octanol–water partition coefficient (Wildman–Crippen LogP) is 2.26. The first kappa shape index (κ1) is 11.7. The summed E-state index contributed by atoms with van der Waals surface area (Å²) in [6.45, 7) is 5.38. The highest BCUT2D eigenvalue weighted by Crippen LogP contribution is 2.31. The fourth-order valence-corrected chi connectivity index (χ4v) is 2.92. The number of aryl methyl sites for hydroxylation is 1. The Morgan fingerprint density at radius 2 is 2.05 bits per heavy atom. The Kier molecular flexibility index (Phi) is 2.60. The second-order valence-electron chi connectivity index (χ2n) is 5.14. The van der Waals surface area contributed by atoms with Crippen molar-refractivity contribution in [3.63, 3.8) is 0 Å². The third kappa shape index (κ3) is 1.67. The Bertz CT molecular complexity index is 774.